The molecule has 130 valence electrons. The fraction of sp³-hybridized carbons (Fsp3) is 0.520. The van der Waals surface area contributed by atoms with Crippen LogP contribution in [0, 0.1) is 17.8 Å². The Morgan fingerprint density at radius 2 is 1.36 bits per heavy atom. The van der Waals surface area contributed by atoms with Gasteiger partial charge >= 0.3 is 0 Å². The molecule has 4 fully saturated rings. The first-order valence-corrected chi connectivity index (χ1v) is 10.3. The Morgan fingerprint density at radius 1 is 0.760 bits per heavy atom. The van der Waals surface area contributed by atoms with E-state index in [1.54, 1.807) is 5.56 Å². The highest BCUT2D eigenvalue weighted by molar-refractivity contribution is 5.65. The fourth-order valence-electron chi connectivity index (χ4n) is 6.56. The Balaban J connectivity index is 1.45. The molecule has 4 aliphatic rings. The van der Waals surface area contributed by atoms with Gasteiger partial charge in [-0.25, -0.2) is 0 Å². The predicted octanol–water partition coefficient (Wildman–Crippen LogP) is 6.94. The second-order valence-electron chi connectivity index (χ2n) is 9.56. The molecule has 0 aromatic heterocycles. The van der Waals surface area contributed by atoms with Gasteiger partial charge in [-0.05, 0) is 89.9 Å². The summed E-state index contributed by atoms with van der Waals surface area (Å²) in [5.41, 5.74) is 6.32. The smallest absolute Gasteiger partial charge is 0.00391 e. The normalized spacial score (nSPS) is 33.2. The van der Waals surface area contributed by atoms with Gasteiger partial charge in [-0.3, -0.25) is 0 Å². The van der Waals surface area contributed by atoms with E-state index in [2.05, 4.69) is 62.4 Å². The number of benzene rings is 2. The van der Waals surface area contributed by atoms with Gasteiger partial charge in [0.1, 0.15) is 0 Å². The average Bonchev–Trinajstić information content (AvgIpc) is 2.61. The highest BCUT2D eigenvalue weighted by Crippen LogP contribution is 2.60. The van der Waals surface area contributed by atoms with Crippen LogP contribution in [0.5, 0.6) is 0 Å². The molecule has 0 heteroatoms. The van der Waals surface area contributed by atoms with E-state index < -0.39 is 0 Å². The minimum absolute atomic E-state index is 0.521. The van der Waals surface area contributed by atoms with E-state index in [-0.39, 0.29) is 0 Å². The van der Waals surface area contributed by atoms with Gasteiger partial charge in [-0.15, -0.1) is 0 Å². The van der Waals surface area contributed by atoms with Crippen LogP contribution in [0.2, 0.25) is 0 Å². The minimum atomic E-state index is 0.521. The standard InChI is InChI=1S/C25H30/c1-17(2)22-4-3-5-23(13-22)21-6-8-24(9-7-21)25-14-18-10-19(15-25)12-20(11-18)16-25/h3-9,13,17-20H,10-12,14-16H2,1-2H3. The number of rotatable bonds is 3. The van der Waals surface area contributed by atoms with Crippen LogP contribution in [0.25, 0.3) is 11.1 Å². The third-order valence-electron chi connectivity index (χ3n) is 7.42. The Morgan fingerprint density at radius 3 is 1.92 bits per heavy atom. The molecule has 0 nitrogen and oxygen atoms in total. The molecule has 4 bridgehead atoms. The molecule has 4 saturated carbocycles. The van der Waals surface area contributed by atoms with Crippen molar-refractivity contribution < 1.29 is 0 Å². The van der Waals surface area contributed by atoms with Crippen molar-refractivity contribution in [2.24, 2.45) is 17.8 Å². The van der Waals surface area contributed by atoms with Crippen LogP contribution in [0.4, 0.5) is 0 Å². The van der Waals surface area contributed by atoms with E-state index >= 15 is 0 Å². The number of hydrogen-bond acceptors (Lipinski definition) is 0. The van der Waals surface area contributed by atoms with E-state index in [9.17, 15) is 0 Å². The summed E-state index contributed by atoms with van der Waals surface area (Å²) in [5, 5.41) is 0. The maximum Gasteiger partial charge on any atom is -0.00391 e. The topological polar surface area (TPSA) is 0 Å². The van der Waals surface area contributed by atoms with Crippen molar-refractivity contribution >= 4 is 0 Å². The molecule has 4 aliphatic carbocycles. The first kappa shape index (κ1) is 15.7. The lowest BCUT2D eigenvalue weighted by atomic mass is 9.48. The fourth-order valence-corrected chi connectivity index (χ4v) is 6.56. The van der Waals surface area contributed by atoms with E-state index in [1.165, 1.54) is 55.2 Å². The first-order valence-electron chi connectivity index (χ1n) is 10.3. The van der Waals surface area contributed by atoms with E-state index in [1.807, 2.05) is 0 Å². The van der Waals surface area contributed by atoms with Gasteiger partial charge in [0.05, 0.1) is 0 Å². The van der Waals surface area contributed by atoms with Gasteiger partial charge in [0.2, 0.25) is 0 Å². The summed E-state index contributed by atoms with van der Waals surface area (Å²) in [6.45, 7) is 4.55. The Hall–Kier alpha value is -1.56. The van der Waals surface area contributed by atoms with Crippen molar-refractivity contribution in [1.82, 2.24) is 0 Å². The minimum Gasteiger partial charge on any atom is -0.0614 e. The lowest BCUT2D eigenvalue weighted by Crippen LogP contribution is -2.48. The molecule has 0 heterocycles. The molecule has 0 atom stereocenters. The lowest BCUT2D eigenvalue weighted by molar-refractivity contribution is -0.00518. The highest BCUT2D eigenvalue weighted by Gasteiger charge is 2.51. The van der Waals surface area contributed by atoms with Gasteiger partial charge < -0.3 is 0 Å². The van der Waals surface area contributed by atoms with Gasteiger partial charge in [-0.1, -0.05) is 62.4 Å². The maximum absolute atomic E-state index is 2.46. The van der Waals surface area contributed by atoms with Crippen LogP contribution in [0.1, 0.15) is 69.4 Å². The van der Waals surface area contributed by atoms with E-state index in [0.29, 0.717) is 11.3 Å². The molecule has 2 aromatic carbocycles. The van der Waals surface area contributed by atoms with Crippen LogP contribution >= 0.6 is 0 Å². The largest absolute Gasteiger partial charge is 0.0614 e. The van der Waals surface area contributed by atoms with Crippen molar-refractivity contribution in [2.45, 2.75) is 63.7 Å². The molecule has 0 amide bonds. The predicted molar refractivity (Wildman–Crippen MR) is 106 cm³/mol. The summed E-state index contributed by atoms with van der Waals surface area (Å²) in [7, 11) is 0. The molecule has 0 spiro atoms. The zero-order chi connectivity index (χ0) is 17.0. The van der Waals surface area contributed by atoms with Crippen LogP contribution in [0.3, 0.4) is 0 Å². The van der Waals surface area contributed by atoms with Crippen LogP contribution in [-0.2, 0) is 5.41 Å². The molecular weight excluding hydrogens is 300 g/mol. The van der Waals surface area contributed by atoms with Crippen LogP contribution in [0.15, 0.2) is 48.5 Å². The molecule has 6 rings (SSSR count). The van der Waals surface area contributed by atoms with Crippen molar-refractivity contribution in [3.05, 3.63) is 59.7 Å². The molecule has 25 heavy (non-hydrogen) atoms. The van der Waals surface area contributed by atoms with Crippen molar-refractivity contribution in [2.75, 3.05) is 0 Å². The quantitative estimate of drug-likeness (QED) is 0.571. The summed E-state index contributed by atoms with van der Waals surface area (Å²) in [6, 6.07) is 18.8. The van der Waals surface area contributed by atoms with Gasteiger partial charge in [0, 0.05) is 0 Å². The monoisotopic (exact) mass is 330 g/mol. The second kappa shape index (κ2) is 5.73. The molecule has 0 radical (unpaired) electrons. The third kappa shape index (κ3) is 2.65. The van der Waals surface area contributed by atoms with E-state index in [4.69, 9.17) is 0 Å². The zero-order valence-electron chi connectivity index (χ0n) is 15.7. The van der Waals surface area contributed by atoms with E-state index in [0.717, 1.165) is 17.8 Å². The summed E-state index contributed by atoms with van der Waals surface area (Å²) in [5.74, 6) is 3.65. The first-order chi connectivity index (χ1) is 12.1. The van der Waals surface area contributed by atoms with Crippen molar-refractivity contribution in [3.8, 4) is 11.1 Å². The Kier molecular flexibility index (Phi) is 3.59. The molecule has 0 N–H and O–H groups in total. The van der Waals surface area contributed by atoms with Crippen LogP contribution in [-0.4, -0.2) is 0 Å². The van der Waals surface area contributed by atoms with Gasteiger partial charge in [0.25, 0.3) is 0 Å². The van der Waals surface area contributed by atoms with Crippen molar-refractivity contribution in [1.29, 1.82) is 0 Å². The Labute approximate surface area is 152 Å². The lowest BCUT2D eigenvalue weighted by Gasteiger charge is -2.57. The molecular formula is C25H30. The highest BCUT2D eigenvalue weighted by atomic mass is 14.6. The summed E-state index contributed by atoms with van der Waals surface area (Å²) < 4.78 is 0. The Bertz CT molecular complexity index is 730. The van der Waals surface area contributed by atoms with Crippen LogP contribution < -0.4 is 0 Å². The zero-order valence-corrected chi connectivity index (χ0v) is 15.7. The van der Waals surface area contributed by atoms with Gasteiger partial charge in [0.15, 0.2) is 0 Å². The van der Waals surface area contributed by atoms with Gasteiger partial charge in [-0.2, -0.15) is 0 Å². The third-order valence-corrected chi connectivity index (χ3v) is 7.42. The molecule has 0 unspecified atom stereocenters. The molecule has 0 saturated heterocycles. The molecule has 0 aliphatic heterocycles. The number of hydrogen-bond donors (Lipinski definition) is 0. The summed E-state index contributed by atoms with van der Waals surface area (Å²) in [4.78, 5) is 0. The second-order valence-corrected chi connectivity index (χ2v) is 9.56. The summed E-state index contributed by atoms with van der Waals surface area (Å²) >= 11 is 0. The molecule has 2 aromatic rings. The maximum atomic E-state index is 2.46. The SMILES string of the molecule is CC(C)c1cccc(-c2ccc(C34CC5CC(CC(C5)C3)C4)cc2)c1. The van der Waals surface area contributed by atoms with Crippen molar-refractivity contribution in [3.63, 3.8) is 0 Å². The summed E-state index contributed by atoms with van der Waals surface area (Å²) in [6.07, 6.45) is 8.96. The average molecular weight is 331 g/mol.